The second-order valence-corrected chi connectivity index (χ2v) is 15.2. The van der Waals surface area contributed by atoms with E-state index in [4.69, 9.17) is 47.4 Å². The van der Waals surface area contributed by atoms with Crippen LogP contribution in [0.2, 0.25) is 0 Å². The van der Waals surface area contributed by atoms with E-state index in [-0.39, 0.29) is 38.0 Å². The summed E-state index contributed by atoms with van der Waals surface area (Å²) in [4.78, 5) is 25.8. The molecule has 4 saturated heterocycles. The Balaban J connectivity index is 1.11. The molecule has 4 fully saturated rings. The lowest BCUT2D eigenvalue weighted by molar-refractivity contribution is -0.223. The van der Waals surface area contributed by atoms with Crippen LogP contribution in [0, 0.1) is 0 Å². The van der Waals surface area contributed by atoms with Crippen LogP contribution in [0.15, 0.2) is 60.7 Å². The molecule has 6 rings (SSSR count). The second kappa shape index (κ2) is 18.9. The van der Waals surface area contributed by atoms with Gasteiger partial charge in [-0.2, -0.15) is 0 Å². The van der Waals surface area contributed by atoms with E-state index in [1.54, 1.807) is 13.8 Å². The highest BCUT2D eigenvalue weighted by molar-refractivity contribution is 5.70. The van der Waals surface area contributed by atoms with E-state index in [0.717, 1.165) is 11.1 Å². The summed E-state index contributed by atoms with van der Waals surface area (Å²) in [5, 5.41) is 7.08. The molecule has 4 heterocycles. The Labute approximate surface area is 324 Å². The molecule has 304 valence electrons. The van der Waals surface area contributed by atoms with E-state index >= 15 is 0 Å². The van der Waals surface area contributed by atoms with Gasteiger partial charge in [-0.1, -0.05) is 60.7 Å². The molecule has 0 spiro atoms. The molecule has 4 aliphatic heterocycles. The Kier molecular flexibility index (Phi) is 14.3. The van der Waals surface area contributed by atoms with E-state index in [2.05, 4.69) is 10.6 Å². The largest absolute Gasteiger partial charge is 0.466 e. The van der Waals surface area contributed by atoms with Gasteiger partial charge < -0.3 is 58.0 Å². The Hall–Kier alpha value is -3.02. The van der Waals surface area contributed by atoms with Gasteiger partial charge >= 0.3 is 11.9 Å². The predicted molar refractivity (Wildman–Crippen MR) is 198 cm³/mol. The first kappa shape index (κ1) is 41.6. The van der Waals surface area contributed by atoms with E-state index in [1.165, 1.54) is 0 Å². The molecule has 55 heavy (non-hydrogen) atoms. The van der Waals surface area contributed by atoms with E-state index in [1.807, 2.05) is 88.4 Å². The predicted octanol–water partition coefficient (Wildman–Crippen LogP) is 4.12. The summed E-state index contributed by atoms with van der Waals surface area (Å²) >= 11 is 0. The van der Waals surface area contributed by atoms with Gasteiger partial charge in [0.15, 0.2) is 24.2 Å². The molecule has 2 aromatic rings. The Morgan fingerprint density at radius 2 is 1.04 bits per heavy atom. The van der Waals surface area contributed by atoms with Crippen molar-refractivity contribution in [2.45, 2.75) is 147 Å². The smallest absolute Gasteiger partial charge is 0.307 e. The van der Waals surface area contributed by atoms with Gasteiger partial charge in [0.25, 0.3) is 0 Å². The molecular weight excluding hydrogens is 712 g/mol. The maximum atomic E-state index is 12.9. The van der Waals surface area contributed by atoms with E-state index in [9.17, 15) is 9.59 Å². The fraction of sp³-hybridized carbons (Fsp3) is 0.659. The number of rotatable bonds is 20. The quantitative estimate of drug-likeness (QED) is 0.147. The van der Waals surface area contributed by atoms with Gasteiger partial charge in [-0.15, -0.1) is 0 Å². The van der Waals surface area contributed by atoms with Crippen molar-refractivity contribution in [2.24, 2.45) is 0 Å². The molecular formula is C41H58N2O12. The highest BCUT2D eigenvalue weighted by atomic mass is 16.9. The number of hydrogen-bond acceptors (Lipinski definition) is 14. The summed E-state index contributed by atoms with van der Waals surface area (Å²) in [7, 11) is 0. The number of carbonyl (C=O) groups excluding carboxylic acids is 2. The summed E-state index contributed by atoms with van der Waals surface area (Å²) in [6.07, 6.45) is -3.71. The minimum Gasteiger partial charge on any atom is -0.466 e. The molecule has 14 heteroatoms. The molecule has 0 amide bonds. The standard InChI is InChI=1S/C41H58N2O12/c1-7-46-30(44)22-28(32-34(48-24-26-16-11-9-12-17-26)36-38(50-32)54-40(3,4)52-36)42-20-15-21-43-29(23-31(45)47-8-2)33-35(49-25-27-18-13-10-14-19-27)37-39(51-33)55-41(5,6)53-37/h9-14,16-19,28-29,32-39,42-43H,7-8,15,20-25H2,1-6H3/t28?,29?,32-,33+,34+,35-,36-,37+,38-,39+. The number of fused-ring (bicyclic) bond motifs is 2. The average Bonchev–Trinajstić information content (AvgIpc) is 3.84. The van der Waals surface area contributed by atoms with Gasteiger partial charge in [0.1, 0.15) is 36.6 Å². The van der Waals surface area contributed by atoms with Crippen LogP contribution in [0.3, 0.4) is 0 Å². The van der Waals surface area contributed by atoms with Crippen molar-refractivity contribution in [2.75, 3.05) is 26.3 Å². The molecule has 2 aromatic carbocycles. The molecule has 2 unspecified atom stereocenters. The summed E-state index contributed by atoms with van der Waals surface area (Å²) in [6, 6.07) is 18.8. The fourth-order valence-electron chi connectivity index (χ4n) is 7.64. The normalized spacial score (nSPS) is 30.1. The summed E-state index contributed by atoms with van der Waals surface area (Å²) in [5.74, 6) is -2.39. The summed E-state index contributed by atoms with van der Waals surface area (Å²) in [6.45, 7) is 13.1. The topological polar surface area (TPSA) is 150 Å². The van der Waals surface area contributed by atoms with Crippen LogP contribution in [-0.4, -0.2) is 111 Å². The van der Waals surface area contributed by atoms with Crippen molar-refractivity contribution in [1.29, 1.82) is 0 Å². The average molecular weight is 771 g/mol. The number of esters is 2. The van der Waals surface area contributed by atoms with Crippen molar-refractivity contribution in [3.8, 4) is 0 Å². The van der Waals surface area contributed by atoms with Gasteiger partial charge in [-0.3, -0.25) is 9.59 Å². The Bertz CT molecular complexity index is 1400. The third-order valence-electron chi connectivity index (χ3n) is 9.97. The molecule has 0 radical (unpaired) electrons. The highest BCUT2D eigenvalue weighted by Gasteiger charge is 2.58. The minimum absolute atomic E-state index is 0.0565. The van der Waals surface area contributed by atoms with Crippen LogP contribution in [0.5, 0.6) is 0 Å². The van der Waals surface area contributed by atoms with Crippen LogP contribution in [0.4, 0.5) is 0 Å². The van der Waals surface area contributed by atoms with Gasteiger partial charge in [-0.25, -0.2) is 0 Å². The van der Waals surface area contributed by atoms with Crippen molar-refractivity contribution in [3.05, 3.63) is 71.8 Å². The molecule has 10 atom stereocenters. The number of carbonyl (C=O) groups is 2. The lowest BCUT2D eigenvalue weighted by atomic mass is 9.99. The van der Waals surface area contributed by atoms with Crippen molar-refractivity contribution in [1.82, 2.24) is 10.6 Å². The summed E-state index contributed by atoms with van der Waals surface area (Å²) in [5.41, 5.74) is 2.01. The van der Waals surface area contributed by atoms with Crippen LogP contribution < -0.4 is 10.6 Å². The number of ether oxygens (including phenoxy) is 10. The first-order valence-corrected chi connectivity index (χ1v) is 19.6. The third-order valence-corrected chi connectivity index (χ3v) is 9.97. The Morgan fingerprint density at radius 3 is 1.42 bits per heavy atom. The van der Waals surface area contributed by atoms with Gasteiger partial charge in [-0.05, 0) is 72.2 Å². The van der Waals surface area contributed by atoms with Gasteiger partial charge in [0, 0.05) is 12.1 Å². The number of hydrogen-bond donors (Lipinski definition) is 2. The first-order chi connectivity index (χ1) is 26.4. The summed E-state index contributed by atoms with van der Waals surface area (Å²) < 4.78 is 61.3. The van der Waals surface area contributed by atoms with E-state index in [0.29, 0.717) is 32.7 Å². The first-order valence-electron chi connectivity index (χ1n) is 19.6. The van der Waals surface area contributed by atoms with Gasteiger partial charge in [0.2, 0.25) is 0 Å². The monoisotopic (exact) mass is 770 g/mol. The molecule has 2 N–H and O–H groups in total. The fourth-order valence-corrected chi connectivity index (χ4v) is 7.64. The zero-order valence-corrected chi connectivity index (χ0v) is 32.8. The molecule has 0 aromatic heterocycles. The second-order valence-electron chi connectivity index (χ2n) is 15.2. The van der Waals surface area contributed by atoms with Crippen molar-refractivity contribution >= 4 is 11.9 Å². The zero-order valence-electron chi connectivity index (χ0n) is 32.8. The highest BCUT2D eigenvalue weighted by Crippen LogP contribution is 2.42. The molecule has 0 saturated carbocycles. The lowest BCUT2D eigenvalue weighted by Crippen LogP contribution is -2.51. The lowest BCUT2D eigenvalue weighted by Gasteiger charge is -2.32. The van der Waals surface area contributed by atoms with Crippen molar-refractivity contribution < 1.29 is 57.0 Å². The number of benzene rings is 2. The maximum absolute atomic E-state index is 12.9. The molecule has 14 nitrogen and oxygen atoms in total. The molecule has 0 bridgehead atoms. The Morgan fingerprint density at radius 1 is 0.636 bits per heavy atom. The van der Waals surface area contributed by atoms with Gasteiger partial charge in [0.05, 0.1) is 39.3 Å². The molecule has 0 aliphatic carbocycles. The van der Waals surface area contributed by atoms with Crippen LogP contribution in [-0.2, 0) is 70.2 Å². The maximum Gasteiger partial charge on any atom is 0.307 e. The van der Waals surface area contributed by atoms with E-state index < -0.39 is 72.9 Å². The van der Waals surface area contributed by atoms with Crippen LogP contribution >= 0.6 is 0 Å². The SMILES string of the molecule is CCOC(=O)CC(NCCCNC(CC(=O)OCC)[C@@H]1O[C@H]2OC(C)(C)O[C@H]2[C@@H]1OCc1ccccc1)[C@H]1O[C@@H]2OC(C)(C)O[C@@H]2[C@H]1OCc1ccccc1. The zero-order chi connectivity index (χ0) is 39.0. The number of nitrogens with one attached hydrogen (secondary N) is 2. The van der Waals surface area contributed by atoms with Crippen LogP contribution in [0.1, 0.15) is 71.9 Å². The molecule has 4 aliphatic rings. The van der Waals surface area contributed by atoms with Crippen molar-refractivity contribution in [3.63, 3.8) is 0 Å². The minimum atomic E-state index is -0.841. The van der Waals surface area contributed by atoms with Crippen LogP contribution in [0.25, 0.3) is 0 Å². The third kappa shape index (κ3) is 11.1.